The first-order chi connectivity index (χ1) is 11.7. The number of nitrogens with one attached hydrogen (secondary N) is 1. The molecule has 0 spiro atoms. The van der Waals surface area contributed by atoms with Gasteiger partial charge in [-0.1, -0.05) is 24.3 Å². The van der Waals surface area contributed by atoms with Gasteiger partial charge in [0.15, 0.2) is 6.29 Å². The topological polar surface area (TPSA) is 49.3 Å². The van der Waals surface area contributed by atoms with Crippen LogP contribution in [-0.4, -0.2) is 11.4 Å². The molecule has 0 aliphatic carbocycles. The lowest BCUT2D eigenvalue weighted by atomic mass is 10.0. The molecule has 3 nitrogen and oxygen atoms in total. The molecule has 2 N–H and O–H groups in total. The largest absolute Gasteiger partial charge is 0.392 e. The molecule has 3 aromatic rings. The number of hydrogen-bond acceptors (Lipinski definition) is 3. The van der Waals surface area contributed by atoms with Crippen molar-refractivity contribution in [2.24, 2.45) is 0 Å². The molecule has 0 aliphatic rings. The minimum atomic E-state index is -0.314. The van der Waals surface area contributed by atoms with Crippen molar-refractivity contribution in [2.45, 2.75) is 6.61 Å². The lowest BCUT2D eigenvalue weighted by molar-refractivity contribution is 0.112. The molecule has 4 heteroatoms. The van der Waals surface area contributed by atoms with Gasteiger partial charge in [0.1, 0.15) is 5.82 Å². The first-order valence-corrected chi connectivity index (χ1v) is 7.51. The second-order valence-electron chi connectivity index (χ2n) is 5.41. The SMILES string of the molecule is O=Cc1ccc(-c2cccc(CO)c2)cc1Nc1ccc(F)cc1. The standard InChI is InChI=1S/C20H16FNO2/c21-18-6-8-19(9-7-18)22-20-11-16(4-5-17(20)13-24)15-3-1-2-14(10-15)12-23/h1-11,13,22-23H,12H2. The normalized spacial score (nSPS) is 10.4. The average molecular weight is 321 g/mol. The number of rotatable bonds is 5. The number of carbonyl (C=O) groups is 1. The van der Waals surface area contributed by atoms with Crippen molar-refractivity contribution in [3.05, 3.63) is 83.7 Å². The summed E-state index contributed by atoms with van der Waals surface area (Å²) >= 11 is 0. The Morgan fingerprint density at radius 3 is 2.42 bits per heavy atom. The lowest BCUT2D eigenvalue weighted by Gasteiger charge is -2.12. The van der Waals surface area contributed by atoms with Crippen LogP contribution in [0.4, 0.5) is 15.8 Å². The summed E-state index contributed by atoms with van der Waals surface area (Å²) in [6.07, 6.45) is 0.778. The second-order valence-corrected chi connectivity index (χ2v) is 5.41. The van der Waals surface area contributed by atoms with E-state index in [1.54, 1.807) is 18.2 Å². The van der Waals surface area contributed by atoms with Crippen LogP contribution >= 0.6 is 0 Å². The van der Waals surface area contributed by atoms with Crippen molar-refractivity contribution < 1.29 is 14.3 Å². The van der Waals surface area contributed by atoms with Gasteiger partial charge in [-0.2, -0.15) is 0 Å². The molecule has 0 saturated carbocycles. The zero-order valence-corrected chi connectivity index (χ0v) is 12.9. The van der Waals surface area contributed by atoms with Crippen molar-refractivity contribution in [1.82, 2.24) is 0 Å². The fourth-order valence-electron chi connectivity index (χ4n) is 2.48. The molecule has 0 unspecified atom stereocenters. The molecule has 0 saturated heterocycles. The Balaban J connectivity index is 1.98. The van der Waals surface area contributed by atoms with Crippen LogP contribution in [0.2, 0.25) is 0 Å². The van der Waals surface area contributed by atoms with Gasteiger partial charge in [-0.15, -0.1) is 0 Å². The van der Waals surface area contributed by atoms with Crippen molar-refractivity contribution in [3.63, 3.8) is 0 Å². The fourth-order valence-corrected chi connectivity index (χ4v) is 2.48. The average Bonchev–Trinajstić information content (AvgIpc) is 2.63. The van der Waals surface area contributed by atoms with Gasteiger partial charge in [-0.3, -0.25) is 4.79 Å². The summed E-state index contributed by atoms with van der Waals surface area (Å²) in [4.78, 5) is 11.3. The van der Waals surface area contributed by atoms with Gasteiger partial charge in [0.05, 0.1) is 6.61 Å². The first-order valence-electron chi connectivity index (χ1n) is 7.51. The van der Waals surface area contributed by atoms with Gasteiger partial charge in [0.2, 0.25) is 0 Å². The van der Waals surface area contributed by atoms with Gasteiger partial charge in [-0.25, -0.2) is 4.39 Å². The molecule has 0 heterocycles. The second kappa shape index (κ2) is 7.06. The van der Waals surface area contributed by atoms with E-state index in [1.165, 1.54) is 12.1 Å². The highest BCUT2D eigenvalue weighted by Crippen LogP contribution is 2.28. The number of aliphatic hydroxyl groups is 1. The Hall–Kier alpha value is -2.98. The fraction of sp³-hybridized carbons (Fsp3) is 0.0500. The highest BCUT2D eigenvalue weighted by atomic mass is 19.1. The highest BCUT2D eigenvalue weighted by Gasteiger charge is 2.06. The summed E-state index contributed by atoms with van der Waals surface area (Å²) in [5.74, 6) is -0.314. The summed E-state index contributed by atoms with van der Waals surface area (Å²) in [7, 11) is 0. The molecule has 120 valence electrons. The summed E-state index contributed by atoms with van der Waals surface area (Å²) < 4.78 is 13.0. The van der Waals surface area contributed by atoms with E-state index in [0.29, 0.717) is 16.9 Å². The van der Waals surface area contributed by atoms with Crippen LogP contribution in [0.3, 0.4) is 0 Å². The molecule has 0 aromatic heterocycles. The zero-order valence-electron chi connectivity index (χ0n) is 12.9. The Kier molecular flexibility index (Phi) is 4.68. The third-order valence-corrected chi connectivity index (χ3v) is 3.75. The van der Waals surface area contributed by atoms with E-state index in [4.69, 9.17) is 0 Å². The maximum absolute atomic E-state index is 13.0. The van der Waals surface area contributed by atoms with Crippen LogP contribution < -0.4 is 5.32 Å². The molecule has 0 bridgehead atoms. The van der Waals surface area contributed by atoms with Crippen molar-refractivity contribution in [2.75, 3.05) is 5.32 Å². The monoisotopic (exact) mass is 321 g/mol. The van der Waals surface area contributed by atoms with Gasteiger partial charge in [0, 0.05) is 16.9 Å². The van der Waals surface area contributed by atoms with Crippen LogP contribution in [0.5, 0.6) is 0 Å². The molecule has 3 aromatic carbocycles. The van der Waals surface area contributed by atoms with E-state index in [1.807, 2.05) is 36.4 Å². The molecule has 0 atom stereocenters. The summed E-state index contributed by atoms with van der Waals surface area (Å²) in [5, 5.41) is 12.4. The van der Waals surface area contributed by atoms with Crippen LogP contribution in [0.15, 0.2) is 66.7 Å². The van der Waals surface area contributed by atoms with E-state index >= 15 is 0 Å². The number of carbonyl (C=O) groups excluding carboxylic acids is 1. The van der Waals surface area contributed by atoms with E-state index < -0.39 is 0 Å². The van der Waals surface area contributed by atoms with E-state index in [9.17, 15) is 14.3 Å². The van der Waals surface area contributed by atoms with Crippen LogP contribution in [-0.2, 0) is 6.61 Å². The molecule has 0 radical (unpaired) electrons. The van der Waals surface area contributed by atoms with Gasteiger partial charge in [-0.05, 0) is 59.2 Å². The van der Waals surface area contributed by atoms with Gasteiger partial charge < -0.3 is 10.4 Å². The van der Waals surface area contributed by atoms with Crippen LogP contribution in [0, 0.1) is 5.82 Å². The number of halogens is 1. The quantitative estimate of drug-likeness (QED) is 0.678. The zero-order chi connectivity index (χ0) is 16.9. The Morgan fingerprint density at radius 2 is 1.71 bits per heavy atom. The van der Waals surface area contributed by atoms with E-state index in [2.05, 4.69) is 5.32 Å². The molecular weight excluding hydrogens is 305 g/mol. The number of aliphatic hydroxyl groups excluding tert-OH is 1. The van der Waals surface area contributed by atoms with E-state index in [-0.39, 0.29) is 12.4 Å². The summed E-state index contributed by atoms with van der Waals surface area (Å²) in [6, 6.07) is 19.0. The number of anilines is 2. The van der Waals surface area contributed by atoms with E-state index in [0.717, 1.165) is 23.0 Å². The maximum Gasteiger partial charge on any atom is 0.152 e. The maximum atomic E-state index is 13.0. The van der Waals surface area contributed by atoms with Crippen molar-refractivity contribution in [1.29, 1.82) is 0 Å². The Labute approximate surface area is 139 Å². The highest BCUT2D eigenvalue weighted by molar-refractivity contribution is 5.88. The molecule has 0 aliphatic heterocycles. The summed E-state index contributed by atoms with van der Waals surface area (Å²) in [5.41, 5.74) is 4.53. The third-order valence-electron chi connectivity index (χ3n) is 3.75. The van der Waals surface area contributed by atoms with Crippen LogP contribution in [0.1, 0.15) is 15.9 Å². The lowest BCUT2D eigenvalue weighted by Crippen LogP contribution is -1.96. The molecule has 24 heavy (non-hydrogen) atoms. The Bertz CT molecular complexity index is 860. The minimum absolute atomic E-state index is 0.0268. The number of hydrogen-bond donors (Lipinski definition) is 2. The number of benzene rings is 3. The van der Waals surface area contributed by atoms with Crippen molar-refractivity contribution >= 4 is 17.7 Å². The summed E-state index contributed by atoms with van der Waals surface area (Å²) in [6.45, 7) is -0.0268. The smallest absolute Gasteiger partial charge is 0.152 e. The molecule has 0 fully saturated rings. The molecular formula is C20H16FNO2. The molecule has 3 rings (SSSR count). The third kappa shape index (κ3) is 3.50. The van der Waals surface area contributed by atoms with Crippen molar-refractivity contribution in [3.8, 4) is 11.1 Å². The minimum Gasteiger partial charge on any atom is -0.392 e. The van der Waals surface area contributed by atoms with Gasteiger partial charge >= 0.3 is 0 Å². The van der Waals surface area contributed by atoms with Gasteiger partial charge in [0.25, 0.3) is 0 Å². The number of aldehydes is 1. The first kappa shape index (κ1) is 15.9. The predicted octanol–water partition coefficient (Wildman–Crippen LogP) is 4.54. The molecule has 0 amide bonds. The van der Waals surface area contributed by atoms with Crippen LogP contribution in [0.25, 0.3) is 11.1 Å². The Morgan fingerprint density at radius 1 is 0.958 bits per heavy atom. The predicted molar refractivity (Wildman–Crippen MR) is 92.9 cm³/mol.